The van der Waals surface area contributed by atoms with Crippen molar-refractivity contribution < 1.29 is 39.6 Å². The van der Waals surface area contributed by atoms with Gasteiger partial charge in [0, 0.05) is 58.1 Å². The van der Waals surface area contributed by atoms with E-state index in [1.807, 2.05) is 15.7 Å². The van der Waals surface area contributed by atoms with Gasteiger partial charge in [-0.05, 0) is 75.0 Å². The standard InChI is InChI=1S/C35H64N6O6S2/c1-24(42)47-29-9-8-25-15-27(33(45)30(16-25)46-2)21-41-22-35(20-32(41)44,19-26-10-12-38-31(36)17-26)11-13-39-34(37)40-23-49-48-14-6-4-3-5-7-28(43)18-29/h25-31,33,38,43,45H,3-23,36H2,1-2H3,(H3,37,39,40)/p+2/t25?,26?,27?,28-,29-,30?,31?,33?,35-/m0/s1. The van der Waals surface area contributed by atoms with E-state index >= 15 is 0 Å². The Labute approximate surface area is 301 Å². The zero-order valence-electron chi connectivity index (χ0n) is 30.0. The summed E-state index contributed by atoms with van der Waals surface area (Å²) in [6.45, 7) is 4.30. The Kier molecular flexibility index (Phi) is 17.1. The first-order chi connectivity index (χ1) is 23.6. The molecule has 0 spiro atoms. The number of nitrogens with zero attached hydrogens (tertiary/aromatic N) is 1. The number of esters is 1. The molecule has 14 heteroatoms. The van der Waals surface area contributed by atoms with Gasteiger partial charge in [0.15, 0.2) is 0 Å². The number of methoxy groups -OCH3 is 1. The predicted octanol–water partition coefficient (Wildman–Crippen LogP) is 0.396. The molecule has 10 N–H and O–H groups in total. The third-order valence-corrected chi connectivity index (χ3v) is 13.5. The molecule has 3 fully saturated rings. The molecule has 9 atom stereocenters. The van der Waals surface area contributed by atoms with Crippen molar-refractivity contribution in [1.82, 2.24) is 10.2 Å². The zero-order valence-corrected chi connectivity index (χ0v) is 31.6. The number of hydrogen-bond donors (Lipinski definition) is 7. The van der Waals surface area contributed by atoms with Crippen molar-refractivity contribution in [2.75, 3.05) is 44.9 Å². The number of ether oxygens (including phenoxy) is 2. The lowest BCUT2D eigenvalue weighted by Crippen LogP contribution is -2.94. The maximum atomic E-state index is 13.8. The Bertz CT molecular complexity index is 1060. The number of hydrogen-bond acceptors (Lipinski definition) is 11. The van der Waals surface area contributed by atoms with Crippen LogP contribution in [0.5, 0.6) is 0 Å². The van der Waals surface area contributed by atoms with E-state index in [4.69, 9.17) is 20.9 Å². The number of aliphatic hydroxyl groups excluding tert-OH is 2. The fraction of sp³-hybridized carbons (Fsp3) is 0.914. The van der Waals surface area contributed by atoms with Gasteiger partial charge in [0.2, 0.25) is 5.91 Å². The molecule has 2 saturated heterocycles. The Morgan fingerprint density at radius 2 is 1.92 bits per heavy atom. The quantitative estimate of drug-likeness (QED) is 0.157. The van der Waals surface area contributed by atoms with E-state index in [0.717, 1.165) is 82.9 Å². The minimum atomic E-state index is -0.660. The molecule has 4 aliphatic rings. The Morgan fingerprint density at radius 3 is 2.69 bits per heavy atom. The van der Waals surface area contributed by atoms with Gasteiger partial charge in [-0.25, -0.2) is 0 Å². The van der Waals surface area contributed by atoms with Crippen molar-refractivity contribution in [3.8, 4) is 0 Å². The van der Waals surface area contributed by atoms with E-state index < -0.39 is 12.2 Å². The molecule has 0 radical (unpaired) electrons. The van der Waals surface area contributed by atoms with Gasteiger partial charge in [-0.3, -0.25) is 31.4 Å². The van der Waals surface area contributed by atoms with Crippen LogP contribution in [0.4, 0.5) is 0 Å². The minimum Gasteiger partial charge on any atom is -0.462 e. The van der Waals surface area contributed by atoms with Crippen LogP contribution in [0.1, 0.15) is 103 Å². The van der Waals surface area contributed by atoms with Gasteiger partial charge in [-0.2, -0.15) is 0 Å². The molecule has 1 amide bonds. The van der Waals surface area contributed by atoms with Crippen molar-refractivity contribution >= 4 is 39.4 Å². The summed E-state index contributed by atoms with van der Waals surface area (Å²) < 4.78 is 11.5. The van der Waals surface area contributed by atoms with Crippen LogP contribution in [0.2, 0.25) is 0 Å². The van der Waals surface area contributed by atoms with Gasteiger partial charge in [0.1, 0.15) is 18.1 Å². The monoisotopic (exact) mass is 730 g/mol. The summed E-state index contributed by atoms with van der Waals surface area (Å²) in [5, 5.41) is 27.8. The van der Waals surface area contributed by atoms with Crippen molar-refractivity contribution in [1.29, 1.82) is 0 Å². The Balaban J connectivity index is 1.48. The largest absolute Gasteiger partial charge is 0.462 e. The van der Waals surface area contributed by atoms with Crippen LogP contribution in [0, 0.1) is 23.2 Å². The normalized spacial score (nSPS) is 37.1. The number of piperidine rings is 1. The van der Waals surface area contributed by atoms with E-state index in [2.05, 4.69) is 15.6 Å². The Morgan fingerprint density at radius 1 is 1.10 bits per heavy atom. The fourth-order valence-electron chi connectivity index (χ4n) is 8.80. The fourth-order valence-corrected chi connectivity index (χ4v) is 10.7. The number of guanidine groups is 1. The topological polar surface area (TPSA) is 191 Å². The number of rotatable bonds is 4. The van der Waals surface area contributed by atoms with Gasteiger partial charge in [0.05, 0.1) is 31.4 Å². The number of carbonyl (C=O) groups is 2. The molecule has 3 aliphatic heterocycles. The van der Waals surface area contributed by atoms with E-state index in [-0.39, 0.29) is 47.5 Å². The first-order valence-electron chi connectivity index (χ1n) is 18.8. The SMILES string of the molecule is COC1CC2CC[C@H](OC(C)=O)C[C@@H](O)CCCCCCSSC[NH+]=C(N)NCC[C@]3(CC4CC[NH2+]C(N)C4)CC(=O)N(CC(C2)C1O)C3. The van der Waals surface area contributed by atoms with E-state index in [9.17, 15) is 19.8 Å². The van der Waals surface area contributed by atoms with Crippen molar-refractivity contribution in [2.45, 2.75) is 134 Å². The van der Waals surface area contributed by atoms with Crippen LogP contribution in [0.25, 0.3) is 0 Å². The highest BCUT2D eigenvalue weighted by molar-refractivity contribution is 8.76. The van der Waals surface area contributed by atoms with Crippen molar-refractivity contribution in [3.05, 3.63) is 0 Å². The summed E-state index contributed by atoms with van der Waals surface area (Å²) in [6, 6.07) is 0. The third-order valence-electron chi connectivity index (χ3n) is 11.3. The lowest BCUT2D eigenvalue weighted by Gasteiger charge is -2.41. The zero-order chi connectivity index (χ0) is 35.2. The lowest BCUT2D eigenvalue weighted by molar-refractivity contribution is -0.699. The molecule has 6 unspecified atom stereocenters. The van der Waals surface area contributed by atoms with Crippen LogP contribution < -0.4 is 27.1 Å². The van der Waals surface area contributed by atoms with Crippen LogP contribution >= 0.6 is 21.6 Å². The molecule has 49 heavy (non-hydrogen) atoms. The molecule has 282 valence electrons. The molecular formula is C35H66N6O6S2+2. The maximum Gasteiger partial charge on any atom is 0.341 e. The molecule has 4 bridgehead atoms. The first kappa shape index (κ1) is 40.5. The second kappa shape index (κ2) is 20.7. The highest BCUT2D eigenvalue weighted by Gasteiger charge is 2.47. The molecule has 0 aromatic heterocycles. The second-order valence-electron chi connectivity index (χ2n) is 15.3. The number of nitrogens with two attached hydrogens (primary N) is 3. The number of nitrogens with one attached hydrogen (secondary N) is 2. The number of amides is 1. The van der Waals surface area contributed by atoms with Gasteiger partial charge < -0.3 is 29.9 Å². The molecule has 4 rings (SSSR count). The summed E-state index contributed by atoms with van der Waals surface area (Å²) in [6.07, 6.45) is 11.0. The summed E-state index contributed by atoms with van der Waals surface area (Å²) >= 11 is 0. The maximum absolute atomic E-state index is 13.8. The van der Waals surface area contributed by atoms with Gasteiger partial charge in [-0.1, -0.05) is 40.9 Å². The highest BCUT2D eigenvalue weighted by atomic mass is 33.1. The second-order valence-corrected chi connectivity index (χ2v) is 17.9. The molecule has 1 saturated carbocycles. The molecule has 0 aromatic rings. The van der Waals surface area contributed by atoms with Gasteiger partial charge in [0.25, 0.3) is 0 Å². The lowest BCUT2D eigenvalue weighted by atomic mass is 9.73. The van der Waals surface area contributed by atoms with E-state index in [0.29, 0.717) is 63.1 Å². The summed E-state index contributed by atoms with van der Waals surface area (Å²) in [4.78, 5) is 31.0. The third kappa shape index (κ3) is 13.6. The van der Waals surface area contributed by atoms with E-state index in [1.54, 1.807) is 17.9 Å². The van der Waals surface area contributed by atoms with Gasteiger partial charge in [-0.15, -0.1) is 0 Å². The number of aliphatic hydroxyl groups is 2. The van der Waals surface area contributed by atoms with Crippen LogP contribution in [-0.2, 0) is 19.1 Å². The molecule has 3 heterocycles. The van der Waals surface area contributed by atoms with Crippen LogP contribution in [0.15, 0.2) is 0 Å². The molecule has 0 aromatic carbocycles. The average Bonchev–Trinajstić information content (AvgIpc) is 3.34. The summed E-state index contributed by atoms with van der Waals surface area (Å²) in [5.74, 6) is 2.79. The highest BCUT2D eigenvalue weighted by Crippen LogP contribution is 2.44. The summed E-state index contributed by atoms with van der Waals surface area (Å²) in [7, 11) is 5.24. The van der Waals surface area contributed by atoms with E-state index in [1.165, 1.54) is 6.92 Å². The van der Waals surface area contributed by atoms with Crippen molar-refractivity contribution in [3.63, 3.8) is 0 Å². The molecular weight excluding hydrogens is 665 g/mol. The minimum absolute atomic E-state index is 0.109. The number of carbonyl (C=O) groups excluding carboxylic acids is 2. The summed E-state index contributed by atoms with van der Waals surface area (Å²) in [5.41, 5.74) is 12.5. The Hall–Kier alpha value is -1.29. The smallest absolute Gasteiger partial charge is 0.341 e. The molecule has 1 aliphatic carbocycles. The van der Waals surface area contributed by atoms with Crippen molar-refractivity contribution in [2.24, 2.45) is 34.6 Å². The van der Waals surface area contributed by atoms with Crippen LogP contribution in [-0.4, -0.2) is 108 Å². The predicted molar refractivity (Wildman–Crippen MR) is 195 cm³/mol. The number of quaternary nitrogens is 1. The molecule has 12 nitrogen and oxygen atoms in total. The average molecular weight is 731 g/mol. The first-order valence-corrected chi connectivity index (χ1v) is 21.3. The van der Waals surface area contributed by atoms with Gasteiger partial charge >= 0.3 is 11.9 Å². The number of fused-ring (bicyclic) bond motifs is 4. The van der Waals surface area contributed by atoms with Crippen LogP contribution in [0.3, 0.4) is 0 Å².